The summed E-state index contributed by atoms with van der Waals surface area (Å²) in [7, 11) is 0. The lowest BCUT2D eigenvalue weighted by Crippen LogP contribution is -2.47. The molecule has 2 heterocycles. The number of amides is 2. The van der Waals surface area contributed by atoms with Gasteiger partial charge < -0.3 is 10.2 Å². The van der Waals surface area contributed by atoms with E-state index in [1.165, 1.54) is 0 Å². The SMILES string of the molecule is CC(C)CN1CC(C(=O)NCCc2nn[nH]n2)CCC1=O. The Kier molecular flexibility index (Phi) is 5.24. The summed E-state index contributed by atoms with van der Waals surface area (Å²) in [6, 6.07) is 0. The average molecular weight is 294 g/mol. The van der Waals surface area contributed by atoms with Crippen LogP contribution in [-0.2, 0) is 16.0 Å². The fourth-order valence-corrected chi connectivity index (χ4v) is 2.48. The number of H-pyrrole nitrogens is 1. The van der Waals surface area contributed by atoms with Gasteiger partial charge >= 0.3 is 0 Å². The fraction of sp³-hybridized carbons (Fsp3) is 0.769. The maximum atomic E-state index is 12.2. The molecule has 0 saturated carbocycles. The van der Waals surface area contributed by atoms with Crippen LogP contribution < -0.4 is 5.32 Å². The number of nitrogens with zero attached hydrogens (tertiary/aromatic N) is 4. The van der Waals surface area contributed by atoms with Crippen LogP contribution in [0.15, 0.2) is 0 Å². The van der Waals surface area contributed by atoms with Crippen LogP contribution in [0.2, 0.25) is 0 Å². The largest absolute Gasteiger partial charge is 0.355 e. The summed E-state index contributed by atoms with van der Waals surface area (Å²) in [5, 5.41) is 16.4. The van der Waals surface area contributed by atoms with Crippen LogP contribution >= 0.6 is 0 Å². The van der Waals surface area contributed by atoms with Gasteiger partial charge in [-0.1, -0.05) is 19.1 Å². The van der Waals surface area contributed by atoms with E-state index >= 15 is 0 Å². The smallest absolute Gasteiger partial charge is 0.224 e. The van der Waals surface area contributed by atoms with E-state index in [2.05, 4.69) is 39.8 Å². The van der Waals surface area contributed by atoms with Crippen molar-refractivity contribution in [2.24, 2.45) is 11.8 Å². The lowest BCUT2D eigenvalue weighted by Gasteiger charge is -2.33. The Hall–Kier alpha value is -1.99. The first kappa shape index (κ1) is 15.4. The molecule has 1 atom stereocenters. The van der Waals surface area contributed by atoms with Gasteiger partial charge in [0.05, 0.1) is 5.92 Å². The molecule has 1 fully saturated rings. The number of aromatic amines is 1. The van der Waals surface area contributed by atoms with E-state index in [1.807, 2.05) is 0 Å². The molecule has 0 spiro atoms. The summed E-state index contributed by atoms with van der Waals surface area (Å²) >= 11 is 0. The third-order valence-electron chi connectivity index (χ3n) is 3.49. The third-order valence-corrected chi connectivity index (χ3v) is 3.49. The second kappa shape index (κ2) is 7.14. The molecule has 1 saturated heterocycles. The van der Waals surface area contributed by atoms with Gasteiger partial charge in [0.15, 0.2) is 5.82 Å². The van der Waals surface area contributed by atoms with Crippen molar-refractivity contribution in [1.29, 1.82) is 0 Å². The monoisotopic (exact) mass is 294 g/mol. The number of nitrogens with one attached hydrogen (secondary N) is 2. The van der Waals surface area contributed by atoms with Crippen molar-refractivity contribution in [2.45, 2.75) is 33.1 Å². The number of rotatable bonds is 6. The third kappa shape index (κ3) is 4.51. The minimum Gasteiger partial charge on any atom is -0.355 e. The number of carbonyl (C=O) groups excluding carboxylic acids is 2. The van der Waals surface area contributed by atoms with Crippen LogP contribution in [0.25, 0.3) is 0 Å². The van der Waals surface area contributed by atoms with Gasteiger partial charge in [0, 0.05) is 32.5 Å². The van der Waals surface area contributed by atoms with Gasteiger partial charge in [-0.3, -0.25) is 9.59 Å². The highest BCUT2D eigenvalue weighted by molar-refractivity contribution is 5.83. The Morgan fingerprint density at radius 2 is 2.33 bits per heavy atom. The predicted octanol–water partition coefficient (Wildman–Crippen LogP) is -0.247. The maximum Gasteiger partial charge on any atom is 0.224 e. The van der Waals surface area contributed by atoms with Gasteiger partial charge in [0.2, 0.25) is 11.8 Å². The first-order valence-electron chi connectivity index (χ1n) is 7.34. The number of aromatic nitrogens is 4. The fourth-order valence-electron chi connectivity index (χ4n) is 2.48. The molecule has 1 aromatic rings. The van der Waals surface area contributed by atoms with Crippen LogP contribution in [0.4, 0.5) is 0 Å². The van der Waals surface area contributed by atoms with Crippen molar-refractivity contribution in [3.63, 3.8) is 0 Å². The molecular formula is C13H22N6O2. The Labute approximate surface area is 123 Å². The molecule has 1 aliphatic heterocycles. The zero-order valence-electron chi connectivity index (χ0n) is 12.5. The standard InChI is InChI=1S/C13H22N6O2/c1-9(2)7-19-8-10(3-4-12(19)20)13(21)14-6-5-11-15-17-18-16-11/h9-10H,3-8H2,1-2H3,(H,14,21)(H,15,16,17,18). The van der Waals surface area contributed by atoms with E-state index in [1.54, 1.807) is 4.90 Å². The molecule has 0 aromatic carbocycles. The minimum absolute atomic E-state index is 0.000231. The Bertz CT molecular complexity index is 473. The lowest BCUT2D eigenvalue weighted by molar-refractivity contribution is -0.138. The number of hydrogen-bond donors (Lipinski definition) is 2. The number of hydrogen-bond acceptors (Lipinski definition) is 5. The van der Waals surface area contributed by atoms with Crippen molar-refractivity contribution < 1.29 is 9.59 Å². The van der Waals surface area contributed by atoms with Crippen molar-refractivity contribution >= 4 is 11.8 Å². The zero-order valence-corrected chi connectivity index (χ0v) is 12.5. The van der Waals surface area contributed by atoms with Crippen LogP contribution in [0, 0.1) is 11.8 Å². The average Bonchev–Trinajstić information content (AvgIpc) is 2.94. The molecule has 0 aliphatic carbocycles. The molecule has 2 amide bonds. The number of tetrazole rings is 1. The maximum absolute atomic E-state index is 12.2. The molecule has 2 N–H and O–H groups in total. The van der Waals surface area contributed by atoms with Crippen molar-refractivity contribution in [3.8, 4) is 0 Å². The summed E-state index contributed by atoms with van der Waals surface area (Å²) in [5.41, 5.74) is 0. The first-order chi connectivity index (χ1) is 10.1. The Morgan fingerprint density at radius 1 is 1.52 bits per heavy atom. The van der Waals surface area contributed by atoms with Gasteiger partial charge in [-0.05, 0) is 12.3 Å². The molecule has 116 valence electrons. The predicted molar refractivity (Wildman–Crippen MR) is 75.0 cm³/mol. The number of piperidine rings is 1. The molecule has 21 heavy (non-hydrogen) atoms. The Morgan fingerprint density at radius 3 is 3.00 bits per heavy atom. The van der Waals surface area contributed by atoms with Crippen molar-refractivity contribution in [3.05, 3.63) is 5.82 Å². The van der Waals surface area contributed by atoms with Crippen LogP contribution in [-0.4, -0.2) is 57.0 Å². The quantitative estimate of drug-likeness (QED) is 0.753. The van der Waals surface area contributed by atoms with E-state index in [-0.39, 0.29) is 17.7 Å². The van der Waals surface area contributed by atoms with Crippen LogP contribution in [0.1, 0.15) is 32.5 Å². The number of carbonyl (C=O) groups is 2. The van der Waals surface area contributed by atoms with Gasteiger partial charge in [0.25, 0.3) is 0 Å². The second-order valence-electron chi connectivity index (χ2n) is 5.80. The highest BCUT2D eigenvalue weighted by Crippen LogP contribution is 2.18. The minimum atomic E-state index is -0.119. The van der Waals surface area contributed by atoms with Crippen molar-refractivity contribution in [1.82, 2.24) is 30.8 Å². The topological polar surface area (TPSA) is 104 Å². The van der Waals surface area contributed by atoms with E-state index in [4.69, 9.17) is 0 Å². The molecule has 8 heteroatoms. The number of likely N-dealkylation sites (tertiary alicyclic amines) is 1. The molecule has 1 unspecified atom stereocenters. The summed E-state index contributed by atoms with van der Waals surface area (Å²) in [6.07, 6.45) is 1.63. The highest BCUT2D eigenvalue weighted by atomic mass is 16.2. The van der Waals surface area contributed by atoms with Gasteiger partial charge in [-0.15, -0.1) is 10.2 Å². The van der Waals surface area contributed by atoms with Crippen LogP contribution in [0.3, 0.4) is 0 Å². The first-order valence-corrected chi connectivity index (χ1v) is 7.34. The van der Waals surface area contributed by atoms with E-state index in [9.17, 15) is 9.59 Å². The second-order valence-corrected chi connectivity index (χ2v) is 5.80. The summed E-state index contributed by atoms with van der Waals surface area (Å²) < 4.78 is 0. The molecule has 0 bridgehead atoms. The van der Waals surface area contributed by atoms with Crippen LogP contribution in [0.5, 0.6) is 0 Å². The summed E-state index contributed by atoms with van der Waals surface area (Å²) in [6.45, 7) is 5.85. The molecule has 2 rings (SSSR count). The van der Waals surface area contributed by atoms with E-state index in [0.29, 0.717) is 50.6 Å². The normalized spacial score (nSPS) is 19.1. The molecule has 1 aromatic heterocycles. The van der Waals surface area contributed by atoms with Crippen molar-refractivity contribution in [2.75, 3.05) is 19.6 Å². The Balaban J connectivity index is 1.77. The molecule has 0 radical (unpaired) electrons. The molecule has 8 nitrogen and oxygen atoms in total. The summed E-state index contributed by atoms with van der Waals surface area (Å²) in [4.78, 5) is 25.8. The molecular weight excluding hydrogens is 272 g/mol. The summed E-state index contributed by atoms with van der Waals surface area (Å²) in [5.74, 6) is 1.02. The van der Waals surface area contributed by atoms with E-state index < -0.39 is 0 Å². The lowest BCUT2D eigenvalue weighted by atomic mass is 9.96. The molecule has 1 aliphatic rings. The van der Waals surface area contributed by atoms with Gasteiger partial charge in [-0.25, -0.2) is 0 Å². The highest BCUT2D eigenvalue weighted by Gasteiger charge is 2.30. The van der Waals surface area contributed by atoms with E-state index in [0.717, 1.165) is 0 Å². The van der Waals surface area contributed by atoms with Gasteiger partial charge in [-0.2, -0.15) is 5.21 Å². The van der Waals surface area contributed by atoms with Gasteiger partial charge in [0.1, 0.15) is 0 Å². The zero-order chi connectivity index (χ0) is 15.2.